The number of non-ortho nitro benzene ring substituents is 1. The molecule has 0 aliphatic heterocycles. The highest BCUT2D eigenvalue weighted by atomic mass is 16.6. The van der Waals surface area contributed by atoms with E-state index in [1.165, 1.54) is 30.5 Å². The summed E-state index contributed by atoms with van der Waals surface area (Å²) in [6.45, 7) is 2.06. The standard InChI is InChI=1S/C31H24N4O5/c1-2-20-12-8-13-25-27(21-9-4-3-5-10-21)29(33-28(20)25)30(36)34-32-19-23-11-6-7-14-26(23)40-31(37)22-15-17-24(18-16-22)35(38)39/h3-19,33H,2H2,1H3,(H,34,36). The molecule has 0 radical (unpaired) electrons. The Kier molecular flexibility index (Phi) is 7.45. The molecule has 0 saturated heterocycles. The Morgan fingerprint density at radius 3 is 2.40 bits per heavy atom. The Morgan fingerprint density at radius 1 is 0.950 bits per heavy atom. The zero-order chi connectivity index (χ0) is 28.1. The van der Waals surface area contributed by atoms with Crippen LogP contribution in [0.2, 0.25) is 0 Å². The van der Waals surface area contributed by atoms with Crippen molar-refractivity contribution >= 4 is 34.7 Å². The van der Waals surface area contributed by atoms with Gasteiger partial charge in [0.15, 0.2) is 0 Å². The number of nitrogens with one attached hydrogen (secondary N) is 2. The maximum absolute atomic E-state index is 13.3. The van der Waals surface area contributed by atoms with Crippen molar-refractivity contribution in [3.05, 3.63) is 130 Å². The highest BCUT2D eigenvalue weighted by Crippen LogP contribution is 2.34. The van der Waals surface area contributed by atoms with Gasteiger partial charge in [0, 0.05) is 34.2 Å². The minimum Gasteiger partial charge on any atom is -0.422 e. The molecule has 0 aliphatic carbocycles. The van der Waals surface area contributed by atoms with Gasteiger partial charge in [-0.1, -0.05) is 67.6 Å². The van der Waals surface area contributed by atoms with E-state index in [0.29, 0.717) is 11.3 Å². The highest BCUT2D eigenvalue weighted by molar-refractivity contribution is 6.10. The molecular formula is C31H24N4O5. The fourth-order valence-corrected chi connectivity index (χ4v) is 4.42. The molecule has 0 unspecified atom stereocenters. The lowest BCUT2D eigenvalue weighted by Gasteiger charge is -2.07. The van der Waals surface area contributed by atoms with Crippen molar-refractivity contribution in [1.29, 1.82) is 0 Å². The molecule has 0 aliphatic rings. The van der Waals surface area contributed by atoms with Crippen LogP contribution in [0.5, 0.6) is 5.75 Å². The maximum atomic E-state index is 13.3. The molecule has 0 spiro atoms. The van der Waals surface area contributed by atoms with Crippen molar-refractivity contribution in [1.82, 2.24) is 10.4 Å². The van der Waals surface area contributed by atoms with E-state index in [1.807, 2.05) is 48.5 Å². The summed E-state index contributed by atoms with van der Waals surface area (Å²) in [5.74, 6) is -0.891. The van der Waals surface area contributed by atoms with Crippen molar-refractivity contribution in [3.8, 4) is 16.9 Å². The topological polar surface area (TPSA) is 127 Å². The van der Waals surface area contributed by atoms with E-state index in [1.54, 1.807) is 24.3 Å². The van der Waals surface area contributed by atoms with Crippen molar-refractivity contribution in [2.24, 2.45) is 5.10 Å². The van der Waals surface area contributed by atoms with Gasteiger partial charge in [-0.3, -0.25) is 14.9 Å². The molecule has 9 nitrogen and oxygen atoms in total. The van der Waals surface area contributed by atoms with Crippen LogP contribution in [0.15, 0.2) is 102 Å². The molecule has 198 valence electrons. The van der Waals surface area contributed by atoms with E-state index in [9.17, 15) is 19.7 Å². The first-order valence-electron chi connectivity index (χ1n) is 12.5. The third kappa shape index (κ3) is 5.34. The van der Waals surface area contributed by atoms with Crippen LogP contribution >= 0.6 is 0 Å². The van der Waals surface area contributed by atoms with Crippen LogP contribution in [0.25, 0.3) is 22.0 Å². The van der Waals surface area contributed by atoms with Gasteiger partial charge in [-0.25, -0.2) is 10.2 Å². The molecule has 40 heavy (non-hydrogen) atoms. The number of rotatable bonds is 8. The fourth-order valence-electron chi connectivity index (χ4n) is 4.42. The summed E-state index contributed by atoms with van der Waals surface area (Å²) in [5, 5.41) is 15.9. The molecule has 2 N–H and O–H groups in total. The first-order valence-corrected chi connectivity index (χ1v) is 12.5. The SMILES string of the molecule is CCc1cccc2c(-c3ccccc3)c(C(=O)NN=Cc3ccccc3OC(=O)c3ccc([N+](=O)[O-])cc3)[nH]c12. The highest BCUT2D eigenvalue weighted by Gasteiger charge is 2.20. The van der Waals surface area contributed by atoms with E-state index in [4.69, 9.17) is 4.74 Å². The number of esters is 1. The third-order valence-corrected chi connectivity index (χ3v) is 6.40. The molecule has 0 fully saturated rings. The third-order valence-electron chi connectivity index (χ3n) is 6.40. The zero-order valence-corrected chi connectivity index (χ0v) is 21.5. The predicted octanol–water partition coefficient (Wildman–Crippen LogP) is 6.29. The van der Waals surface area contributed by atoms with E-state index in [2.05, 4.69) is 22.4 Å². The van der Waals surface area contributed by atoms with E-state index in [0.717, 1.165) is 34.0 Å². The van der Waals surface area contributed by atoms with Gasteiger partial charge in [0.25, 0.3) is 11.6 Å². The Morgan fingerprint density at radius 2 is 1.68 bits per heavy atom. The Labute approximate surface area is 229 Å². The first kappa shape index (κ1) is 26.1. The molecule has 5 aromatic rings. The van der Waals surface area contributed by atoms with Crippen LogP contribution in [0.1, 0.15) is 38.9 Å². The number of benzene rings is 4. The van der Waals surface area contributed by atoms with Gasteiger partial charge in [0.1, 0.15) is 11.4 Å². The van der Waals surface area contributed by atoms with Crippen LogP contribution in [-0.4, -0.2) is 28.0 Å². The molecule has 0 atom stereocenters. The number of ether oxygens (including phenoxy) is 1. The van der Waals surface area contributed by atoms with Gasteiger partial charge in [-0.2, -0.15) is 5.10 Å². The fraction of sp³-hybridized carbons (Fsp3) is 0.0645. The second kappa shape index (κ2) is 11.4. The molecule has 9 heteroatoms. The van der Waals surface area contributed by atoms with Crippen LogP contribution in [-0.2, 0) is 6.42 Å². The zero-order valence-electron chi connectivity index (χ0n) is 21.5. The molecule has 0 bridgehead atoms. The molecule has 1 amide bonds. The van der Waals surface area contributed by atoms with Crippen LogP contribution in [0, 0.1) is 10.1 Å². The molecule has 4 aromatic carbocycles. The normalized spacial score (nSPS) is 11.0. The number of H-pyrrole nitrogens is 1. The minimum absolute atomic E-state index is 0.129. The second-order valence-corrected chi connectivity index (χ2v) is 8.86. The minimum atomic E-state index is -0.683. The van der Waals surface area contributed by atoms with Crippen LogP contribution in [0.3, 0.4) is 0 Å². The lowest BCUT2D eigenvalue weighted by Crippen LogP contribution is -2.19. The molecule has 5 rings (SSSR count). The average Bonchev–Trinajstić information content (AvgIpc) is 3.38. The lowest BCUT2D eigenvalue weighted by atomic mass is 10.00. The van der Waals surface area contributed by atoms with Crippen molar-refractivity contribution in [2.75, 3.05) is 0 Å². The monoisotopic (exact) mass is 532 g/mol. The van der Waals surface area contributed by atoms with E-state index >= 15 is 0 Å². The number of nitro benzene ring substituents is 1. The Hall–Kier alpha value is -5.57. The summed E-state index contributed by atoms with van der Waals surface area (Å²) in [6.07, 6.45) is 2.19. The molecular weight excluding hydrogens is 508 g/mol. The summed E-state index contributed by atoms with van der Waals surface area (Å²) in [5.41, 5.74) is 7.14. The number of aromatic amines is 1. The van der Waals surface area contributed by atoms with Crippen molar-refractivity contribution < 1.29 is 19.2 Å². The molecule has 1 heterocycles. The van der Waals surface area contributed by atoms with E-state index in [-0.39, 0.29) is 17.0 Å². The number of nitrogens with zero attached hydrogens (tertiary/aromatic N) is 2. The van der Waals surface area contributed by atoms with Gasteiger partial charge < -0.3 is 9.72 Å². The number of fused-ring (bicyclic) bond motifs is 1. The number of aryl methyl sites for hydroxylation is 1. The molecule has 1 aromatic heterocycles. The average molecular weight is 533 g/mol. The van der Waals surface area contributed by atoms with Gasteiger partial charge in [0.05, 0.1) is 16.7 Å². The first-order chi connectivity index (χ1) is 19.5. The van der Waals surface area contributed by atoms with Gasteiger partial charge in [0.2, 0.25) is 0 Å². The number of carbonyl (C=O) groups is 2. The van der Waals surface area contributed by atoms with Gasteiger partial charge >= 0.3 is 5.97 Å². The number of hydrazone groups is 1. The summed E-state index contributed by atoms with van der Waals surface area (Å²) in [4.78, 5) is 39.6. The number of hydrogen-bond donors (Lipinski definition) is 2. The number of nitro groups is 1. The summed E-state index contributed by atoms with van der Waals surface area (Å²) < 4.78 is 5.50. The number of hydrogen-bond acceptors (Lipinski definition) is 6. The number of aromatic nitrogens is 1. The Bertz CT molecular complexity index is 1740. The Balaban J connectivity index is 1.38. The maximum Gasteiger partial charge on any atom is 0.343 e. The van der Waals surface area contributed by atoms with Gasteiger partial charge in [-0.05, 0) is 41.8 Å². The largest absolute Gasteiger partial charge is 0.422 e. The lowest BCUT2D eigenvalue weighted by molar-refractivity contribution is -0.384. The quantitative estimate of drug-likeness (QED) is 0.0798. The number of carbonyl (C=O) groups excluding carboxylic acids is 2. The van der Waals surface area contributed by atoms with Crippen molar-refractivity contribution in [2.45, 2.75) is 13.3 Å². The van der Waals surface area contributed by atoms with Crippen LogP contribution in [0.4, 0.5) is 5.69 Å². The number of para-hydroxylation sites is 2. The number of amides is 1. The smallest absolute Gasteiger partial charge is 0.343 e. The summed E-state index contributed by atoms with van der Waals surface area (Å²) in [6, 6.07) is 27.5. The van der Waals surface area contributed by atoms with Crippen LogP contribution < -0.4 is 10.2 Å². The van der Waals surface area contributed by atoms with Gasteiger partial charge in [-0.15, -0.1) is 0 Å². The summed E-state index contributed by atoms with van der Waals surface area (Å²) >= 11 is 0. The molecule has 0 saturated carbocycles. The predicted molar refractivity (Wildman–Crippen MR) is 153 cm³/mol. The summed E-state index contributed by atoms with van der Waals surface area (Å²) in [7, 11) is 0. The second-order valence-electron chi connectivity index (χ2n) is 8.86. The van der Waals surface area contributed by atoms with E-state index < -0.39 is 16.8 Å². The van der Waals surface area contributed by atoms with Crippen molar-refractivity contribution in [3.63, 3.8) is 0 Å².